The maximum absolute atomic E-state index is 12.0. The SMILES string of the molecule is [2H]C([2H])([2H])c1cc(-c2c(C(C)(CC)CC)cccc2C(C)(CC)CC)ccc1-n1c(-c2cc(C)cc(C)c2O)nc2c(-c3[c-]c(-c4cc(-c5ccc(C(C)(C)C)cc5)ccn4)cc(C(C)(C)C)c3)cccc21.[Pt]. The Morgan fingerprint density at radius 2 is 1.20 bits per heavy atom. The second-order valence-corrected chi connectivity index (χ2v) is 22.1. The monoisotopic (exact) mass is 1110 g/mol. The molecular weight excluding hydrogens is 1030 g/mol. The number of aryl methyl sites for hydroxylation is 3. The number of nitrogens with zero attached hydrogens (tertiary/aromatic N) is 3. The summed E-state index contributed by atoms with van der Waals surface area (Å²) in [6.07, 6.45) is 5.64. The summed E-state index contributed by atoms with van der Waals surface area (Å²) in [7, 11) is 0. The topological polar surface area (TPSA) is 50.9 Å². The number of hydrogen-bond acceptors (Lipinski definition) is 3. The summed E-state index contributed by atoms with van der Waals surface area (Å²) in [6.45, 7) is 28.4. The van der Waals surface area contributed by atoms with E-state index in [1.54, 1.807) is 0 Å². The van der Waals surface area contributed by atoms with E-state index in [1.807, 2.05) is 61.0 Å². The van der Waals surface area contributed by atoms with E-state index in [0.29, 0.717) is 33.7 Å². The molecule has 2 aromatic heterocycles. The molecule has 0 aliphatic heterocycles. The Morgan fingerprint density at radius 3 is 1.80 bits per heavy atom. The van der Waals surface area contributed by atoms with Crippen LogP contribution in [0, 0.1) is 26.8 Å². The third-order valence-corrected chi connectivity index (χ3v) is 15.5. The first-order chi connectivity index (χ1) is 33.8. The number of fused-ring (bicyclic) bond motifs is 1. The van der Waals surface area contributed by atoms with E-state index in [0.717, 1.165) is 81.4 Å². The molecule has 6 aromatic carbocycles. The predicted molar refractivity (Wildman–Crippen MR) is 294 cm³/mol. The molecule has 366 valence electrons. The van der Waals surface area contributed by atoms with Crippen LogP contribution in [-0.4, -0.2) is 19.6 Å². The fourth-order valence-corrected chi connectivity index (χ4v) is 10.1. The van der Waals surface area contributed by atoms with Crippen LogP contribution in [0.4, 0.5) is 0 Å². The summed E-state index contributed by atoms with van der Waals surface area (Å²) < 4.78 is 29.8. The van der Waals surface area contributed by atoms with Crippen LogP contribution in [-0.2, 0) is 42.7 Å². The van der Waals surface area contributed by atoms with Gasteiger partial charge in [-0.3, -0.25) is 9.55 Å². The van der Waals surface area contributed by atoms with Crippen molar-refractivity contribution in [2.24, 2.45) is 0 Å². The van der Waals surface area contributed by atoms with Gasteiger partial charge in [-0.15, -0.1) is 29.3 Å². The summed E-state index contributed by atoms with van der Waals surface area (Å²) in [4.78, 5) is 10.4. The van der Waals surface area contributed by atoms with Crippen molar-refractivity contribution in [3.05, 3.63) is 166 Å². The van der Waals surface area contributed by atoms with Crippen molar-refractivity contribution >= 4 is 11.0 Å². The van der Waals surface area contributed by atoms with Crippen LogP contribution >= 0.6 is 0 Å². The van der Waals surface area contributed by atoms with Gasteiger partial charge in [0, 0.05) is 37.1 Å². The molecule has 0 aliphatic carbocycles. The summed E-state index contributed by atoms with van der Waals surface area (Å²) in [5.74, 6) is 0.554. The first kappa shape index (κ1) is 48.1. The fraction of sp³-hybridized carbons (Fsp3) is 0.354. The number of aromatic nitrogens is 3. The molecule has 0 saturated carbocycles. The average Bonchev–Trinajstić information content (AvgIpc) is 3.75. The molecule has 0 unspecified atom stereocenters. The van der Waals surface area contributed by atoms with E-state index >= 15 is 0 Å². The van der Waals surface area contributed by atoms with Crippen molar-refractivity contribution in [3.63, 3.8) is 0 Å². The molecule has 0 atom stereocenters. The van der Waals surface area contributed by atoms with Crippen LogP contribution in [0.2, 0.25) is 0 Å². The van der Waals surface area contributed by atoms with E-state index in [1.165, 1.54) is 16.7 Å². The molecule has 0 aliphatic rings. The van der Waals surface area contributed by atoms with Crippen LogP contribution in [0.3, 0.4) is 0 Å². The molecule has 2 heterocycles. The second kappa shape index (κ2) is 19.9. The molecule has 8 aromatic rings. The number of phenols is 1. The van der Waals surface area contributed by atoms with Crippen molar-refractivity contribution in [1.29, 1.82) is 0 Å². The molecule has 0 amide bonds. The third kappa shape index (κ3) is 9.75. The molecule has 0 bridgehead atoms. The minimum absolute atomic E-state index is 0. The van der Waals surface area contributed by atoms with Gasteiger partial charge in [-0.1, -0.05) is 167 Å². The number of hydrogen-bond donors (Lipinski definition) is 1. The minimum Gasteiger partial charge on any atom is -0.507 e. The van der Waals surface area contributed by atoms with Gasteiger partial charge in [0.2, 0.25) is 0 Å². The number of para-hydroxylation sites is 1. The zero-order valence-corrected chi connectivity index (χ0v) is 46.3. The Balaban J connectivity index is 0.00000780. The summed E-state index contributed by atoms with van der Waals surface area (Å²) in [6, 6.07) is 43.8. The zero-order chi connectivity index (χ0) is 52.3. The van der Waals surface area contributed by atoms with E-state index in [-0.39, 0.29) is 54.0 Å². The normalized spacial score (nSPS) is 13.2. The van der Waals surface area contributed by atoms with Gasteiger partial charge >= 0.3 is 0 Å². The van der Waals surface area contributed by atoms with Crippen molar-refractivity contribution in [1.82, 2.24) is 14.5 Å². The average molecular weight is 1110 g/mol. The van der Waals surface area contributed by atoms with Gasteiger partial charge in [-0.05, 0) is 154 Å². The largest absolute Gasteiger partial charge is 0.507 e. The first-order valence-corrected chi connectivity index (χ1v) is 25.1. The standard InChI is InChI=1S/C65H74N3O.Pt/c1-16-64(14,17-2)53-23-21-24-54(65(15,18-3)19-4)58(53)46-28-31-56(42(6)36-46)68-57-25-20-22-51(59(57)67-61(68)52-35-41(5)34-43(7)60(52)69)47-37-48(39-50(38-47)63(11,12)13)55-40-45(32-33-66-55)44-26-29-49(30-27-44)62(8,9)10;/h20-36,38-40,69H,16-19H2,1-15H3;/q-1;/i6D3;. The smallest absolute Gasteiger partial charge is 0.148 e. The van der Waals surface area contributed by atoms with E-state index < -0.39 is 6.85 Å². The number of imidazole rings is 1. The van der Waals surface area contributed by atoms with Crippen molar-refractivity contribution in [2.75, 3.05) is 0 Å². The molecule has 0 fully saturated rings. The first-order valence-electron chi connectivity index (χ1n) is 26.6. The Bertz CT molecular complexity index is 3270. The Morgan fingerprint density at radius 1 is 0.600 bits per heavy atom. The quantitative estimate of drug-likeness (QED) is 0.124. The molecule has 8 rings (SSSR count). The number of benzene rings is 6. The number of rotatable bonds is 12. The maximum Gasteiger partial charge on any atom is 0.148 e. The Kier molecular flexibility index (Phi) is 13.7. The van der Waals surface area contributed by atoms with Crippen LogP contribution in [0.1, 0.15) is 152 Å². The zero-order valence-electron chi connectivity index (χ0n) is 47.0. The number of phenolic OH excluding ortho intramolecular Hbond substituents is 1. The minimum atomic E-state index is -2.52. The van der Waals surface area contributed by atoms with Crippen LogP contribution < -0.4 is 0 Å². The van der Waals surface area contributed by atoms with Gasteiger partial charge in [0.05, 0.1) is 22.3 Å². The van der Waals surface area contributed by atoms with Crippen molar-refractivity contribution < 1.29 is 30.3 Å². The van der Waals surface area contributed by atoms with E-state index in [2.05, 4.69) is 168 Å². The van der Waals surface area contributed by atoms with Gasteiger partial charge in [0.25, 0.3) is 0 Å². The molecule has 70 heavy (non-hydrogen) atoms. The molecular formula is C65H74N3OPt-. The molecule has 1 N–H and O–H groups in total. The van der Waals surface area contributed by atoms with Crippen LogP contribution in [0.15, 0.2) is 121 Å². The van der Waals surface area contributed by atoms with Crippen LogP contribution in [0.25, 0.3) is 72.7 Å². The molecule has 0 spiro atoms. The Labute approximate surface area is 438 Å². The number of pyridine rings is 1. The van der Waals surface area contributed by atoms with Gasteiger partial charge in [0.15, 0.2) is 0 Å². The van der Waals surface area contributed by atoms with Gasteiger partial charge in [-0.2, -0.15) is 0 Å². The van der Waals surface area contributed by atoms with Crippen molar-refractivity contribution in [3.8, 4) is 67.5 Å². The molecule has 0 saturated heterocycles. The molecule has 4 nitrogen and oxygen atoms in total. The third-order valence-electron chi connectivity index (χ3n) is 15.5. The summed E-state index contributed by atoms with van der Waals surface area (Å²) in [5.41, 5.74) is 16.2. The fourth-order valence-electron chi connectivity index (χ4n) is 10.1. The predicted octanol–water partition coefficient (Wildman–Crippen LogP) is 17.9. The molecule has 5 heteroatoms. The molecule has 0 radical (unpaired) electrons. The summed E-state index contributed by atoms with van der Waals surface area (Å²) in [5, 5.41) is 12.0. The van der Waals surface area contributed by atoms with E-state index in [9.17, 15) is 9.22 Å². The van der Waals surface area contributed by atoms with Crippen molar-refractivity contribution in [2.45, 2.75) is 151 Å². The van der Waals surface area contributed by atoms with Gasteiger partial charge in [0.1, 0.15) is 11.6 Å². The second-order valence-electron chi connectivity index (χ2n) is 22.1. The number of aromatic hydroxyl groups is 1. The van der Waals surface area contributed by atoms with Gasteiger partial charge < -0.3 is 5.11 Å². The maximum atomic E-state index is 12.0. The van der Waals surface area contributed by atoms with Crippen LogP contribution in [0.5, 0.6) is 5.75 Å². The Hall–Kier alpha value is -5.57. The summed E-state index contributed by atoms with van der Waals surface area (Å²) >= 11 is 0. The van der Waals surface area contributed by atoms with Gasteiger partial charge in [-0.25, -0.2) is 4.98 Å². The van der Waals surface area contributed by atoms with E-state index in [4.69, 9.17) is 9.97 Å².